The molecular formula is C31H39N5O7. The highest BCUT2D eigenvalue weighted by Gasteiger charge is 2.33. The van der Waals surface area contributed by atoms with Gasteiger partial charge in [-0.15, -0.1) is 0 Å². The van der Waals surface area contributed by atoms with Gasteiger partial charge in [-0.25, -0.2) is 9.59 Å². The molecule has 2 aromatic carbocycles. The van der Waals surface area contributed by atoms with Gasteiger partial charge in [-0.1, -0.05) is 60.7 Å². The second-order valence-corrected chi connectivity index (χ2v) is 10.2. The highest BCUT2D eigenvalue weighted by molar-refractivity contribution is 5.83. The Morgan fingerprint density at radius 1 is 1.02 bits per heavy atom. The number of aliphatic imine (C=N–C) groups is 1. The van der Waals surface area contributed by atoms with Crippen LogP contribution in [0.1, 0.15) is 43.2 Å². The molecule has 4 atom stereocenters. The fourth-order valence-corrected chi connectivity index (χ4v) is 4.62. The SMILES string of the molecule is O=CC(CCCCN=C1NC(NC(=O)OCc2ccccc2)C=CN1C1CCC(CO)O1)NC(=O)OCc1ccccc1. The summed E-state index contributed by atoms with van der Waals surface area (Å²) in [7, 11) is 0. The second kappa shape index (κ2) is 16.9. The summed E-state index contributed by atoms with van der Waals surface area (Å²) in [6.07, 6.45) is 5.10. The normalized spacial score (nSPS) is 21.1. The van der Waals surface area contributed by atoms with E-state index in [9.17, 15) is 19.5 Å². The number of hydrogen-bond acceptors (Lipinski definition) is 8. The zero-order valence-corrected chi connectivity index (χ0v) is 24.0. The van der Waals surface area contributed by atoms with E-state index < -0.39 is 24.4 Å². The zero-order valence-electron chi connectivity index (χ0n) is 24.0. The molecular weight excluding hydrogens is 554 g/mol. The number of nitrogens with one attached hydrogen (secondary N) is 3. The Labute approximate surface area is 251 Å². The lowest BCUT2D eigenvalue weighted by Crippen LogP contribution is -2.56. The van der Waals surface area contributed by atoms with Crippen molar-refractivity contribution in [1.29, 1.82) is 0 Å². The van der Waals surface area contributed by atoms with E-state index in [1.165, 1.54) is 0 Å². The van der Waals surface area contributed by atoms with Crippen LogP contribution in [0.25, 0.3) is 0 Å². The number of hydrogen-bond donors (Lipinski definition) is 4. The number of unbranched alkanes of at least 4 members (excludes halogenated alkanes) is 1. The van der Waals surface area contributed by atoms with Gasteiger partial charge in [0, 0.05) is 12.7 Å². The number of guanidine groups is 1. The van der Waals surface area contributed by atoms with Crippen LogP contribution in [0.15, 0.2) is 77.9 Å². The molecule has 2 aliphatic heterocycles. The number of carbonyl (C=O) groups excluding carboxylic acids is 3. The summed E-state index contributed by atoms with van der Waals surface area (Å²) >= 11 is 0. The molecule has 0 saturated carbocycles. The topological polar surface area (TPSA) is 151 Å². The summed E-state index contributed by atoms with van der Waals surface area (Å²) in [5.41, 5.74) is 1.74. The third kappa shape index (κ3) is 10.4. The Hall–Kier alpha value is -4.42. The summed E-state index contributed by atoms with van der Waals surface area (Å²) in [5.74, 6) is 0.508. The van der Waals surface area contributed by atoms with E-state index in [-0.39, 0.29) is 32.2 Å². The molecule has 1 saturated heterocycles. The number of alkyl carbamates (subject to hydrolysis) is 2. The van der Waals surface area contributed by atoms with E-state index >= 15 is 0 Å². The van der Waals surface area contributed by atoms with Gasteiger partial charge in [0.1, 0.15) is 31.9 Å². The first-order valence-corrected chi connectivity index (χ1v) is 14.5. The van der Waals surface area contributed by atoms with Gasteiger partial charge in [-0.05, 0) is 49.3 Å². The Kier molecular flexibility index (Phi) is 12.4. The molecule has 1 fully saturated rings. The smallest absolute Gasteiger partial charge is 0.409 e. The minimum atomic E-state index is -0.666. The minimum Gasteiger partial charge on any atom is -0.445 e. The quantitative estimate of drug-likeness (QED) is 0.191. The maximum absolute atomic E-state index is 12.4. The average Bonchev–Trinajstić information content (AvgIpc) is 3.52. The molecule has 0 radical (unpaired) electrons. The lowest BCUT2D eigenvalue weighted by atomic mass is 10.1. The van der Waals surface area contributed by atoms with Crippen molar-refractivity contribution < 1.29 is 33.7 Å². The van der Waals surface area contributed by atoms with Gasteiger partial charge >= 0.3 is 12.2 Å². The van der Waals surface area contributed by atoms with Crippen LogP contribution in [-0.2, 0) is 32.2 Å². The highest BCUT2D eigenvalue weighted by Crippen LogP contribution is 2.24. The van der Waals surface area contributed by atoms with Crippen LogP contribution in [0.5, 0.6) is 0 Å². The number of carbonyl (C=O) groups is 3. The van der Waals surface area contributed by atoms with E-state index in [2.05, 4.69) is 16.0 Å². The van der Waals surface area contributed by atoms with E-state index in [4.69, 9.17) is 19.2 Å². The molecule has 2 aromatic rings. The standard InChI is InChI=1S/C31H39N5O7/c37-19-25(33-30(39)41-21-23-9-3-1-4-10-23)13-7-8-17-32-29-34-27(16-18-36(29)28-15-14-26(20-38)43-28)35-31(40)42-22-24-11-5-2-6-12-24/h1-6,9-12,16,18-19,25-28,38H,7-8,13-15,17,20-22H2,(H,32,34)(H,33,39)(H,35,40). The van der Waals surface area contributed by atoms with E-state index in [0.717, 1.165) is 17.5 Å². The van der Waals surface area contributed by atoms with Crippen LogP contribution in [0.4, 0.5) is 9.59 Å². The van der Waals surface area contributed by atoms with Crippen LogP contribution < -0.4 is 16.0 Å². The van der Waals surface area contributed by atoms with E-state index in [1.807, 2.05) is 65.6 Å². The minimum absolute atomic E-state index is 0.0584. The number of aliphatic hydroxyl groups excluding tert-OH is 1. The maximum atomic E-state index is 12.4. The summed E-state index contributed by atoms with van der Waals surface area (Å²) in [4.78, 5) is 42.6. The molecule has 0 aromatic heterocycles. The molecule has 2 aliphatic rings. The van der Waals surface area contributed by atoms with Crippen molar-refractivity contribution in [2.45, 2.75) is 69.9 Å². The Morgan fingerprint density at radius 2 is 1.70 bits per heavy atom. The molecule has 0 bridgehead atoms. The van der Waals surface area contributed by atoms with Crippen molar-refractivity contribution in [2.24, 2.45) is 4.99 Å². The highest BCUT2D eigenvalue weighted by atomic mass is 16.6. The van der Waals surface area contributed by atoms with Gasteiger partial charge in [0.2, 0.25) is 5.96 Å². The predicted molar refractivity (Wildman–Crippen MR) is 158 cm³/mol. The van der Waals surface area contributed by atoms with E-state index in [0.29, 0.717) is 44.5 Å². The van der Waals surface area contributed by atoms with Crippen LogP contribution in [0.3, 0.4) is 0 Å². The van der Waals surface area contributed by atoms with Crippen molar-refractivity contribution in [1.82, 2.24) is 20.9 Å². The van der Waals surface area contributed by atoms with Gasteiger partial charge in [0.15, 0.2) is 0 Å². The average molecular weight is 594 g/mol. The first-order valence-electron chi connectivity index (χ1n) is 14.5. The van der Waals surface area contributed by atoms with Crippen molar-refractivity contribution in [3.8, 4) is 0 Å². The molecule has 0 spiro atoms. The number of rotatable bonds is 14. The molecule has 4 unspecified atom stereocenters. The fourth-order valence-electron chi connectivity index (χ4n) is 4.62. The third-order valence-corrected chi connectivity index (χ3v) is 6.92. The lowest BCUT2D eigenvalue weighted by Gasteiger charge is -2.34. The van der Waals surface area contributed by atoms with Crippen LogP contribution in [-0.4, -0.2) is 72.1 Å². The first-order chi connectivity index (χ1) is 21.0. The molecule has 4 N–H and O–H groups in total. The second-order valence-electron chi connectivity index (χ2n) is 10.2. The van der Waals surface area contributed by atoms with E-state index in [1.54, 1.807) is 12.3 Å². The molecule has 0 aliphatic carbocycles. The molecule has 12 nitrogen and oxygen atoms in total. The fraction of sp³-hybridized carbons (Fsp3) is 0.419. The lowest BCUT2D eigenvalue weighted by molar-refractivity contribution is -0.109. The number of amides is 2. The molecule has 2 heterocycles. The summed E-state index contributed by atoms with van der Waals surface area (Å²) in [6, 6.07) is 18.0. The van der Waals surface area contributed by atoms with Crippen LogP contribution in [0, 0.1) is 0 Å². The van der Waals surface area contributed by atoms with Gasteiger partial charge < -0.3 is 34.7 Å². The molecule has 230 valence electrons. The molecule has 43 heavy (non-hydrogen) atoms. The Morgan fingerprint density at radius 3 is 2.33 bits per heavy atom. The van der Waals surface area contributed by atoms with Gasteiger partial charge in [0.05, 0.1) is 18.8 Å². The van der Waals surface area contributed by atoms with Crippen molar-refractivity contribution in [3.63, 3.8) is 0 Å². The third-order valence-electron chi connectivity index (χ3n) is 6.92. The number of benzene rings is 2. The monoisotopic (exact) mass is 593 g/mol. The zero-order chi connectivity index (χ0) is 30.3. The van der Waals surface area contributed by atoms with Crippen LogP contribution >= 0.6 is 0 Å². The summed E-state index contributed by atoms with van der Waals surface area (Å²) < 4.78 is 16.5. The van der Waals surface area contributed by atoms with Gasteiger partial charge in [-0.3, -0.25) is 15.2 Å². The first kappa shape index (κ1) is 31.5. The Balaban J connectivity index is 1.25. The van der Waals surface area contributed by atoms with Crippen molar-refractivity contribution in [2.75, 3.05) is 13.2 Å². The number of aldehydes is 1. The van der Waals surface area contributed by atoms with Crippen molar-refractivity contribution in [3.05, 3.63) is 84.1 Å². The number of ether oxygens (including phenoxy) is 3. The van der Waals surface area contributed by atoms with Crippen LogP contribution in [0.2, 0.25) is 0 Å². The number of aliphatic hydroxyl groups is 1. The molecule has 4 rings (SSSR count). The van der Waals surface area contributed by atoms with Gasteiger partial charge in [0.25, 0.3) is 0 Å². The summed E-state index contributed by atoms with van der Waals surface area (Å²) in [6.45, 7) is 0.642. The summed E-state index contributed by atoms with van der Waals surface area (Å²) in [5, 5.41) is 18.1. The molecule has 2 amide bonds. The maximum Gasteiger partial charge on any atom is 0.409 e. The number of nitrogens with zero attached hydrogens (tertiary/aromatic N) is 2. The predicted octanol–water partition coefficient (Wildman–Crippen LogP) is 3.18. The Bertz CT molecular complexity index is 1230. The molecule has 12 heteroatoms. The van der Waals surface area contributed by atoms with Gasteiger partial charge in [-0.2, -0.15) is 0 Å². The van der Waals surface area contributed by atoms with Crippen molar-refractivity contribution >= 4 is 24.4 Å². The largest absolute Gasteiger partial charge is 0.445 e.